The topological polar surface area (TPSA) is 129 Å². The Balaban J connectivity index is 1.70. The van der Waals surface area contributed by atoms with Crippen LogP contribution >= 0.6 is 0 Å². The van der Waals surface area contributed by atoms with Gasteiger partial charge in [0.15, 0.2) is 5.65 Å². The highest BCUT2D eigenvalue weighted by Crippen LogP contribution is 2.32. The maximum Gasteiger partial charge on any atom is 0.257 e. The second-order valence-corrected chi connectivity index (χ2v) is 7.56. The van der Waals surface area contributed by atoms with Gasteiger partial charge in [-0.2, -0.15) is 14.9 Å². The fourth-order valence-electron chi connectivity index (χ4n) is 2.81. The van der Waals surface area contributed by atoms with Crippen molar-refractivity contribution >= 4 is 28.9 Å². The number of nitrogens with one attached hydrogen (secondary N) is 3. The Hall–Kier alpha value is -3.87. The lowest BCUT2D eigenvalue weighted by molar-refractivity contribution is 0.0930. The first kappa shape index (κ1) is 19.4. The third-order valence-corrected chi connectivity index (χ3v) is 4.51. The average Bonchev–Trinajstić information content (AvgIpc) is 3.44. The number of nitrogens with zero attached hydrogens (tertiary/aromatic N) is 5. The van der Waals surface area contributed by atoms with E-state index in [0.29, 0.717) is 28.9 Å². The fraction of sp³-hybridized carbons (Fsp3) is 0.350. The fourth-order valence-corrected chi connectivity index (χ4v) is 2.81. The van der Waals surface area contributed by atoms with Gasteiger partial charge in [0.05, 0.1) is 12.3 Å². The molecule has 154 valence electrons. The van der Waals surface area contributed by atoms with Crippen molar-refractivity contribution in [2.75, 3.05) is 17.7 Å². The van der Waals surface area contributed by atoms with Crippen molar-refractivity contribution in [2.45, 2.75) is 38.3 Å². The highest BCUT2D eigenvalue weighted by molar-refractivity contribution is 6.00. The standard InChI is InChI=1S/C20H22N8O2/c1-20(2,11-21)27-18(29)13-10-24-28-16(22-3)9-15(26-17(13)28)25-14-5-4-8-23-19(14)30-12-6-7-12/h4-5,8-10,12,22H,6-7H2,1-3H3,(H,25,26)(H,27,29). The maximum absolute atomic E-state index is 12.7. The normalized spacial score (nSPS) is 13.5. The number of carbonyl (C=O) groups excluding carboxylic acids is 1. The van der Waals surface area contributed by atoms with Gasteiger partial charge in [-0.25, -0.2) is 9.97 Å². The summed E-state index contributed by atoms with van der Waals surface area (Å²) in [5.74, 6) is 1.21. The van der Waals surface area contributed by atoms with Gasteiger partial charge >= 0.3 is 0 Å². The van der Waals surface area contributed by atoms with Crippen molar-refractivity contribution in [3.05, 3.63) is 36.2 Å². The molecular formula is C20H22N8O2. The van der Waals surface area contributed by atoms with Gasteiger partial charge in [-0.05, 0) is 38.8 Å². The molecule has 0 atom stereocenters. The van der Waals surface area contributed by atoms with E-state index >= 15 is 0 Å². The number of fused-ring (bicyclic) bond motifs is 1. The van der Waals surface area contributed by atoms with Gasteiger partial charge in [0, 0.05) is 19.3 Å². The minimum absolute atomic E-state index is 0.206. The van der Waals surface area contributed by atoms with E-state index < -0.39 is 11.4 Å². The summed E-state index contributed by atoms with van der Waals surface area (Å²) in [7, 11) is 1.75. The molecule has 3 aromatic rings. The molecule has 0 spiro atoms. The monoisotopic (exact) mass is 406 g/mol. The maximum atomic E-state index is 12.7. The van der Waals surface area contributed by atoms with Crippen molar-refractivity contribution < 1.29 is 9.53 Å². The van der Waals surface area contributed by atoms with Crippen LogP contribution < -0.4 is 20.7 Å². The number of ether oxygens (including phenoxy) is 1. The number of hydrogen-bond acceptors (Lipinski definition) is 8. The number of carbonyl (C=O) groups is 1. The van der Waals surface area contributed by atoms with E-state index in [1.807, 2.05) is 6.07 Å². The van der Waals surface area contributed by atoms with E-state index in [0.717, 1.165) is 12.8 Å². The molecule has 30 heavy (non-hydrogen) atoms. The average molecular weight is 406 g/mol. The number of nitriles is 1. The second kappa shape index (κ2) is 7.51. The summed E-state index contributed by atoms with van der Waals surface area (Å²) >= 11 is 0. The zero-order valence-corrected chi connectivity index (χ0v) is 16.9. The molecule has 1 aliphatic carbocycles. The van der Waals surface area contributed by atoms with Crippen molar-refractivity contribution in [1.29, 1.82) is 5.26 Å². The Morgan fingerprint density at radius 2 is 2.20 bits per heavy atom. The van der Waals surface area contributed by atoms with Crippen molar-refractivity contribution in [1.82, 2.24) is 24.9 Å². The molecule has 10 heteroatoms. The zero-order valence-electron chi connectivity index (χ0n) is 16.9. The van der Waals surface area contributed by atoms with Gasteiger partial charge in [-0.3, -0.25) is 4.79 Å². The van der Waals surface area contributed by atoms with E-state index in [2.05, 4.69) is 37.1 Å². The Morgan fingerprint density at radius 1 is 1.40 bits per heavy atom. The van der Waals surface area contributed by atoms with Crippen LogP contribution in [0.2, 0.25) is 0 Å². The van der Waals surface area contributed by atoms with E-state index in [9.17, 15) is 10.1 Å². The summed E-state index contributed by atoms with van der Waals surface area (Å²) in [6.45, 7) is 3.25. The third kappa shape index (κ3) is 3.96. The zero-order chi connectivity index (χ0) is 21.3. The molecule has 1 amide bonds. The van der Waals surface area contributed by atoms with Crippen LogP contribution in [0.25, 0.3) is 5.65 Å². The Kier molecular flexibility index (Phi) is 4.87. The summed E-state index contributed by atoms with van der Waals surface area (Å²) in [6.07, 6.45) is 5.36. The lowest BCUT2D eigenvalue weighted by Crippen LogP contribution is -2.42. The molecule has 3 heterocycles. The van der Waals surface area contributed by atoms with E-state index in [-0.39, 0.29) is 11.7 Å². The first-order valence-electron chi connectivity index (χ1n) is 9.59. The number of amides is 1. The molecule has 1 fully saturated rings. The minimum atomic E-state index is -1.02. The third-order valence-electron chi connectivity index (χ3n) is 4.51. The molecule has 1 aliphatic rings. The number of pyridine rings is 1. The van der Waals surface area contributed by atoms with E-state index in [1.165, 1.54) is 10.7 Å². The summed E-state index contributed by atoms with van der Waals surface area (Å²) in [5, 5.41) is 22.4. The van der Waals surface area contributed by atoms with Gasteiger partial charge in [0.2, 0.25) is 5.88 Å². The summed E-state index contributed by atoms with van der Waals surface area (Å²) < 4.78 is 7.39. The van der Waals surface area contributed by atoms with Crippen LogP contribution in [0.15, 0.2) is 30.6 Å². The minimum Gasteiger partial charge on any atom is -0.473 e. The van der Waals surface area contributed by atoms with E-state index in [1.54, 1.807) is 39.2 Å². The summed E-state index contributed by atoms with van der Waals surface area (Å²) in [4.78, 5) is 21.6. The van der Waals surface area contributed by atoms with Crippen molar-refractivity contribution in [3.63, 3.8) is 0 Å². The molecule has 3 N–H and O–H groups in total. The highest BCUT2D eigenvalue weighted by atomic mass is 16.5. The number of anilines is 3. The van der Waals surface area contributed by atoms with Gasteiger partial charge in [-0.1, -0.05) is 0 Å². The first-order valence-corrected chi connectivity index (χ1v) is 9.59. The summed E-state index contributed by atoms with van der Waals surface area (Å²) in [5.41, 5.74) is 0.278. The van der Waals surface area contributed by atoms with Gasteiger partial charge in [0.1, 0.15) is 34.5 Å². The predicted molar refractivity (Wildman–Crippen MR) is 111 cm³/mol. The molecule has 10 nitrogen and oxygen atoms in total. The Morgan fingerprint density at radius 3 is 2.90 bits per heavy atom. The molecule has 0 aromatic carbocycles. The van der Waals surface area contributed by atoms with E-state index in [4.69, 9.17) is 4.74 Å². The van der Waals surface area contributed by atoms with Crippen molar-refractivity contribution in [3.8, 4) is 11.9 Å². The largest absolute Gasteiger partial charge is 0.473 e. The Labute approximate surface area is 173 Å². The summed E-state index contributed by atoms with van der Waals surface area (Å²) in [6, 6.07) is 7.49. The lowest BCUT2D eigenvalue weighted by atomic mass is 10.1. The quantitative estimate of drug-likeness (QED) is 0.546. The van der Waals surface area contributed by atoms with Crippen molar-refractivity contribution in [2.24, 2.45) is 0 Å². The van der Waals surface area contributed by atoms with Gasteiger partial charge in [-0.15, -0.1) is 0 Å². The molecule has 0 unspecified atom stereocenters. The molecule has 0 aliphatic heterocycles. The molecule has 0 bridgehead atoms. The molecule has 4 rings (SSSR count). The van der Waals surface area contributed by atoms with Crippen LogP contribution in [0, 0.1) is 11.3 Å². The lowest BCUT2D eigenvalue weighted by Gasteiger charge is -2.17. The Bertz CT molecular complexity index is 1140. The van der Waals surface area contributed by atoms with Gasteiger partial charge < -0.3 is 20.7 Å². The molecule has 0 radical (unpaired) electrons. The van der Waals surface area contributed by atoms with Gasteiger partial charge in [0.25, 0.3) is 5.91 Å². The van der Waals surface area contributed by atoms with Crippen LogP contribution in [-0.4, -0.2) is 44.2 Å². The smallest absolute Gasteiger partial charge is 0.257 e. The van der Waals surface area contributed by atoms with Crippen LogP contribution in [0.1, 0.15) is 37.0 Å². The number of hydrogen-bond donors (Lipinski definition) is 3. The SMILES string of the molecule is CNc1cc(Nc2cccnc2OC2CC2)nc2c(C(=O)NC(C)(C)C#N)cnn12. The van der Waals surface area contributed by atoms with Crippen LogP contribution in [0.5, 0.6) is 5.88 Å². The molecule has 1 saturated carbocycles. The number of aromatic nitrogens is 4. The van der Waals surface area contributed by atoms with Crippen LogP contribution in [0.3, 0.4) is 0 Å². The van der Waals surface area contributed by atoms with Crippen LogP contribution in [0.4, 0.5) is 17.3 Å². The number of rotatable bonds is 7. The molecule has 0 saturated heterocycles. The molecule has 3 aromatic heterocycles. The first-order chi connectivity index (χ1) is 14.4. The highest BCUT2D eigenvalue weighted by Gasteiger charge is 2.26. The predicted octanol–water partition coefficient (Wildman–Crippen LogP) is 2.48. The van der Waals surface area contributed by atoms with Crippen LogP contribution in [-0.2, 0) is 0 Å². The second-order valence-electron chi connectivity index (χ2n) is 7.56. The molecular weight excluding hydrogens is 384 g/mol.